The first kappa shape index (κ1) is 17.1. The molecule has 0 radical (unpaired) electrons. The molecule has 0 aliphatic rings. The maximum absolute atomic E-state index is 6.08. The van der Waals surface area contributed by atoms with E-state index in [0.717, 1.165) is 23.6 Å². The normalized spacial score (nSPS) is 11.6. The number of hydrogen-bond acceptors (Lipinski definition) is 3. The molecule has 0 N–H and O–H groups in total. The minimum atomic E-state index is -2.52. The Kier molecular flexibility index (Phi) is 7.77. The van der Waals surface area contributed by atoms with Gasteiger partial charge in [0.15, 0.2) is 0 Å². The average molecular weight is 294 g/mol. The van der Waals surface area contributed by atoms with Crippen molar-refractivity contribution in [2.24, 2.45) is 0 Å². The number of benzene rings is 1. The molecule has 0 atom stereocenters. The van der Waals surface area contributed by atoms with Gasteiger partial charge in [0.1, 0.15) is 0 Å². The van der Waals surface area contributed by atoms with Gasteiger partial charge in [0, 0.05) is 19.3 Å². The first-order valence-corrected chi connectivity index (χ1v) is 9.26. The van der Waals surface area contributed by atoms with Crippen molar-refractivity contribution in [1.29, 1.82) is 0 Å². The van der Waals surface area contributed by atoms with Crippen LogP contribution in [0.5, 0.6) is 0 Å². The molecule has 3 nitrogen and oxygen atoms in total. The summed E-state index contributed by atoms with van der Waals surface area (Å²) in [7, 11) is -2.52. The van der Waals surface area contributed by atoms with E-state index in [1.165, 1.54) is 0 Å². The summed E-state index contributed by atoms with van der Waals surface area (Å²) in [6.45, 7) is 11.6. The minimum Gasteiger partial charge on any atom is -0.374 e. The van der Waals surface area contributed by atoms with Gasteiger partial charge in [-0.15, -0.1) is 0 Å². The molecule has 0 fully saturated rings. The van der Waals surface area contributed by atoms with E-state index < -0.39 is 8.80 Å². The maximum atomic E-state index is 6.08. The minimum absolute atomic E-state index is 0.531. The molecule has 0 saturated heterocycles. The second-order valence-corrected chi connectivity index (χ2v) is 7.27. The molecule has 1 aromatic carbocycles. The van der Waals surface area contributed by atoms with Gasteiger partial charge in [-0.05, 0) is 25.0 Å². The van der Waals surface area contributed by atoms with Crippen molar-refractivity contribution in [3.05, 3.63) is 42.0 Å². The second-order valence-electron chi connectivity index (χ2n) is 4.53. The Morgan fingerprint density at radius 3 is 2.05 bits per heavy atom. The molecule has 20 heavy (non-hydrogen) atoms. The molecule has 0 aliphatic heterocycles. The first-order valence-electron chi connectivity index (χ1n) is 7.33. The van der Waals surface area contributed by atoms with Crippen LogP contribution in [0.15, 0.2) is 30.8 Å². The third-order valence-corrected chi connectivity index (χ3v) is 6.11. The number of rotatable bonds is 10. The van der Waals surface area contributed by atoms with Gasteiger partial charge in [-0.25, -0.2) is 0 Å². The topological polar surface area (TPSA) is 27.7 Å². The molecule has 0 heterocycles. The van der Waals surface area contributed by atoms with Crippen LogP contribution in [-0.2, 0) is 19.9 Å². The molecule has 4 heteroatoms. The summed E-state index contributed by atoms with van der Waals surface area (Å²) >= 11 is 0. The predicted octanol–water partition coefficient (Wildman–Crippen LogP) is 4.27. The van der Waals surface area contributed by atoms with Gasteiger partial charge in [0.2, 0.25) is 0 Å². The lowest BCUT2D eigenvalue weighted by molar-refractivity contribution is 0.0610. The highest BCUT2D eigenvalue weighted by atomic mass is 28.4. The van der Waals surface area contributed by atoms with Gasteiger partial charge in [-0.1, -0.05) is 50.3 Å². The number of hydrogen-bond donors (Lipinski definition) is 0. The van der Waals surface area contributed by atoms with Crippen LogP contribution in [-0.4, -0.2) is 22.0 Å². The summed E-state index contributed by atoms with van der Waals surface area (Å²) in [4.78, 5) is 0. The largest absolute Gasteiger partial charge is 0.501 e. The quantitative estimate of drug-likeness (QED) is 0.603. The van der Waals surface area contributed by atoms with Crippen molar-refractivity contribution < 1.29 is 13.3 Å². The van der Waals surface area contributed by atoms with E-state index in [1.54, 1.807) is 0 Å². The summed E-state index contributed by atoms with van der Waals surface area (Å²) in [6, 6.07) is 9.05. The Hall–Kier alpha value is -0.943. The smallest absolute Gasteiger partial charge is 0.374 e. The second kappa shape index (κ2) is 9.08. The van der Waals surface area contributed by atoms with Crippen LogP contribution in [0.1, 0.15) is 38.3 Å². The van der Waals surface area contributed by atoms with E-state index in [9.17, 15) is 0 Å². The standard InChI is InChI=1S/C16H26O3Si/c1-5-13-20(17-7-3,18-8-4)19-14-16-11-9-15(6-2)10-12-16/h6,9-12H,2,5,7-8,13-14H2,1,3-4H3. The molecule has 0 unspecified atom stereocenters. The molecule has 0 amide bonds. The molecular weight excluding hydrogens is 268 g/mol. The van der Waals surface area contributed by atoms with Crippen molar-refractivity contribution in [1.82, 2.24) is 0 Å². The Morgan fingerprint density at radius 1 is 1.00 bits per heavy atom. The van der Waals surface area contributed by atoms with Crippen LogP contribution < -0.4 is 0 Å². The summed E-state index contributed by atoms with van der Waals surface area (Å²) in [5, 5.41) is 0. The molecule has 0 spiro atoms. The third-order valence-electron chi connectivity index (χ3n) is 2.96. The van der Waals surface area contributed by atoms with Crippen LogP contribution in [0, 0.1) is 0 Å². The van der Waals surface area contributed by atoms with Crippen molar-refractivity contribution >= 4 is 14.9 Å². The van der Waals surface area contributed by atoms with E-state index in [-0.39, 0.29) is 0 Å². The zero-order valence-electron chi connectivity index (χ0n) is 12.9. The molecule has 112 valence electrons. The third kappa shape index (κ3) is 5.21. The fraction of sp³-hybridized carbons (Fsp3) is 0.500. The summed E-state index contributed by atoms with van der Waals surface area (Å²) in [5.74, 6) is 0. The van der Waals surface area contributed by atoms with Crippen molar-refractivity contribution in [2.45, 2.75) is 39.8 Å². The lowest BCUT2D eigenvalue weighted by atomic mass is 10.1. The van der Waals surface area contributed by atoms with Gasteiger partial charge < -0.3 is 13.3 Å². The van der Waals surface area contributed by atoms with Crippen LogP contribution in [0.25, 0.3) is 6.08 Å². The Morgan fingerprint density at radius 2 is 1.60 bits per heavy atom. The van der Waals surface area contributed by atoms with Crippen LogP contribution in [0.3, 0.4) is 0 Å². The van der Waals surface area contributed by atoms with Crippen molar-refractivity contribution in [3.8, 4) is 0 Å². The van der Waals surface area contributed by atoms with E-state index >= 15 is 0 Å². The first-order chi connectivity index (χ1) is 9.69. The Labute approximate surface area is 123 Å². The molecule has 0 aromatic heterocycles. The monoisotopic (exact) mass is 294 g/mol. The highest BCUT2D eigenvalue weighted by molar-refractivity contribution is 6.60. The SMILES string of the molecule is C=Cc1ccc(CO[Si](CCC)(OCC)OCC)cc1. The Bertz CT molecular complexity index is 372. The van der Waals surface area contributed by atoms with Gasteiger partial charge in [0.05, 0.1) is 6.61 Å². The van der Waals surface area contributed by atoms with Crippen LogP contribution in [0.4, 0.5) is 0 Å². The summed E-state index contributed by atoms with van der Waals surface area (Å²) in [6.07, 6.45) is 2.84. The van der Waals surface area contributed by atoms with E-state index in [0.29, 0.717) is 19.8 Å². The molecule has 0 bridgehead atoms. The van der Waals surface area contributed by atoms with Gasteiger partial charge in [-0.2, -0.15) is 0 Å². The van der Waals surface area contributed by atoms with E-state index in [4.69, 9.17) is 13.3 Å². The van der Waals surface area contributed by atoms with E-state index in [1.807, 2.05) is 32.1 Å². The predicted molar refractivity (Wildman–Crippen MR) is 85.4 cm³/mol. The van der Waals surface area contributed by atoms with Crippen molar-refractivity contribution in [2.75, 3.05) is 13.2 Å². The highest BCUT2D eigenvalue weighted by Crippen LogP contribution is 2.20. The van der Waals surface area contributed by atoms with Gasteiger partial charge in [0.25, 0.3) is 0 Å². The lowest BCUT2D eigenvalue weighted by Gasteiger charge is -2.28. The fourth-order valence-electron chi connectivity index (χ4n) is 2.03. The van der Waals surface area contributed by atoms with Crippen LogP contribution in [0.2, 0.25) is 6.04 Å². The lowest BCUT2D eigenvalue weighted by Crippen LogP contribution is -2.45. The molecule has 0 aliphatic carbocycles. The van der Waals surface area contributed by atoms with E-state index in [2.05, 4.69) is 25.6 Å². The fourth-order valence-corrected chi connectivity index (χ4v) is 4.59. The Balaban J connectivity index is 2.69. The molecule has 1 rings (SSSR count). The van der Waals surface area contributed by atoms with Crippen molar-refractivity contribution in [3.63, 3.8) is 0 Å². The molecule has 0 saturated carbocycles. The highest BCUT2D eigenvalue weighted by Gasteiger charge is 2.39. The maximum Gasteiger partial charge on any atom is 0.501 e. The summed E-state index contributed by atoms with van der Waals surface area (Å²) in [5.41, 5.74) is 2.24. The average Bonchev–Trinajstić information content (AvgIpc) is 2.46. The molecule has 1 aromatic rings. The van der Waals surface area contributed by atoms with Gasteiger partial charge >= 0.3 is 8.80 Å². The van der Waals surface area contributed by atoms with Gasteiger partial charge in [-0.3, -0.25) is 0 Å². The zero-order valence-corrected chi connectivity index (χ0v) is 13.9. The summed E-state index contributed by atoms with van der Waals surface area (Å²) < 4.78 is 17.8. The molecular formula is C16H26O3Si. The zero-order chi connectivity index (χ0) is 14.8. The van der Waals surface area contributed by atoms with Crippen LogP contribution >= 0.6 is 0 Å².